The lowest BCUT2D eigenvalue weighted by atomic mass is 10.0. The van der Waals surface area contributed by atoms with E-state index >= 15 is 0 Å². The van der Waals surface area contributed by atoms with Gasteiger partial charge in [0.25, 0.3) is 0 Å². The minimum Gasteiger partial charge on any atom is -0.481 e. The Bertz CT molecular complexity index is 640. The third-order valence-electron chi connectivity index (χ3n) is 3.01. The molecule has 1 aromatic carbocycles. The number of benzene rings is 1. The SMILES string of the molecule is Cc1c(CCCC(=O)O)c(=O)oc2ccccc12. The number of para-hydroxylation sites is 1. The first kappa shape index (κ1) is 12.4. The summed E-state index contributed by atoms with van der Waals surface area (Å²) in [6.07, 6.45) is 0.941. The van der Waals surface area contributed by atoms with Crippen molar-refractivity contribution >= 4 is 16.9 Å². The first-order valence-corrected chi connectivity index (χ1v) is 5.82. The van der Waals surface area contributed by atoms with Crippen LogP contribution in [0.1, 0.15) is 24.0 Å². The molecule has 0 aliphatic heterocycles. The van der Waals surface area contributed by atoms with E-state index in [1.54, 1.807) is 6.07 Å². The number of carboxylic acid groups (broad SMARTS) is 1. The molecular weight excluding hydrogens is 232 g/mol. The molecule has 4 nitrogen and oxygen atoms in total. The van der Waals surface area contributed by atoms with Crippen molar-refractivity contribution in [2.45, 2.75) is 26.2 Å². The number of aryl methyl sites for hydroxylation is 1. The molecule has 0 saturated heterocycles. The average Bonchev–Trinajstić information content (AvgIpc) is 2.33. The lowest BCUT2D eigenvalue weighted by molar-refractivity contribution is -0.137. The summed E-state index contributed by atoms with van der Waals surface area (Å²) in [4.78, 5) is 22.3. The van der Waals surface area contributed by atoms with Crippen LogP contribution in [0.2, 0.25) is 0 Å². The Balaban J connectivity index is 2.38. The highest BCUT2D eigenvalue weighted by Crippen LogP contribution is 2.19. The van der Waals surface area contributed by atoms with E-state index in [2.05, 4.69) is 0 Å². The average molecular weight is 246 g/mol. The van der Waals surface area contributed by atoms with E-state index in [0.717, 1.165) is 10.9 Å². The predicted octanol–water partition coefficient (Wildman–Crippen LogP) is 2.51. The van der Waals surface area contributed by atoms with Crippen molar-refractivity contribution < 1.29 is 14.3 Å². The normalized spacial score (nSPS) is 10.7. The van der Waals surface area contributed by atoms with Gasteiger partial charge in [-0.25, -0.2) is 4.79 Å². The molecule has 0 unspecified atom stereocenters. The fourth-order valence-electron chi connectivity index (χ4n) is 2.05. The Hall–Kier alpha value is -2.10. The molecule has 0 atom stereocenters. The smallest absolute Gasteiger partial charge is 0.339 e. The van der Waals surface area contributed by atoms with Crippen LogP contribution in [-0.4, -0.2) is 11.1 Å². The van der Waals surface area contributed by atoms with Gasteiger partial charge in [0.15, 0.2) is 0 Å². The van der Waals surface area contributed by atoms with E-state index in [4.69, 9.17) is 9.52 Å². The number of carbonyl (C=O) groups is 1. The highest BCUT2D eigenvalue weighted by atomic mass is 16.4. The van der Waals surface area contributed by atoms with Gasteiger partial charge in [-0.05, 0) is 31.4 Å². The van der Waals surface area contributed by atoms with Crippen LogP contribution in [0, 0.1) is 6.92 Å². The van der Waals surface area contributed by atoms with Gasteiger partial charge in [0.05, 0.1) is 0 Å². The molecule has 0 radical (unpaired) electrons. The standard InChI is InChI=1S/C14H14O4/c1-9-10-5-2-3-7-12(10)18-14(17)11(9)6-4-8-13(15)16/h2-3,5,7H,4,6,8H2,1H3,(H,15,16). The Labute approximate surface area is 104 Å². The molecule has 2 rings (SSSR count). The Kier molecular flexibility index (Phi) is 3.46. The van der Waals surface area contributed by atoms with Crippen molar-refractivity contribution in [3.8, 4) is 0 Å². The minimum absolute atomic E-state index is 0.0612. The molecule has 0 bridgehead atoms. The third kappa shape index (κ3) is 2.42. The van der Waals surface area contributed by atoms with Crippen molar-refractivity contribution in [3.63, 3.8) is 0 Å². The number of fused-ring (bicyclic) bond motifs is 1. The summed E-state index contributed by atoms with van der Waals surface area (Å²) < 4.78 is 5.23. The van der Waals surface area contributed by atoms with Gasteiger partial charge >= 0.3 is 11.6 Å². The summed E-state index contributed by atoms with van der Waals surface area (Å²) in [5.74, 6) is -0.849. The zero-order valence-corrected chi connectivity index (χ0v) is 10.1. The first-order chi connectivity index (χ1) is 8.59. The molecule has 0 amide bonds. The highest BCUT2D eigenvalue weighted by Gasteiger charge is 2.11. The monoisotopic (exact) mass is 246 g/mol. The predicted molar refractivity (Wildman–Crippen MR) is 67.8 cm³/mol. The molecule has 0 aliphatic rings. The van der Waals surface area contributed by atoms with Gasteiger partial charge in [-0.15, -0.1) is 0 Å². The molecule has 1 heterocycles. The van der Waals surface area contributed by atoms with Crippen LogP contribution in [-0.2, 0) is 11.2 Å². The van der Waals surface area contributed by atoms with Crippen molar-refractivity contribution in [1.82, 2.24) is 0 Å². The van der Waals surface area contributed by atoms with Gasteiger partial charge in [-0.1, -0.05) is 18.2 Å². The quantitative estimate of drug-likeness (QED) is 0.841. The molecule has 1 N–H and O–H groups in total. The summed E-state index contributed by atoms with van der Waals surface area (Å²) in [6, 6.07) is 7.35. The van der Waals surface area contributed by atoms with Crippen molar-refractivity contribution in [2.75, 3.05) is 0 Å². The number of hydrogen-bond donors (Lipinski definition) is 1. The van der Waals surface area contributed by atoms with Crippen LogP contribution >= 0.6 is 0 Å². The summed E-state index contributed by atoms with van der Waals surface area (Å²) in [5, 5.41) is 9.51. The Morgan fingerprint density at radius 3 is 2.78 bits per heavy atom. The fourth-order valence-corrected chi connectivity index (χ4v) is 2.05. The summed E-state index contributed by atoms with van der Waals surface area (Å²) in [5.41, 5.74) is 1.67. The molecule has 0 fully saturated rings. The van der Waals surface area contributed by atoms with E-state index in [0.29, 0.717) is 24.0 Å². The second-order valence-corrected chi connectivity index (χ2v) is 4.24. The summed E-state index contributed by atoms with van der Waals surface area (Å²) >= 11 is 0. The Morgan fingerprint density at radius 1 is 1.33 bits per heavy atom. The zero-order valence-electron chi connectivity index (χ0n) is 10.1. The van der Waals surface area contributed by atoms with Crippen molar-refractivity contribution in [1.29, 1.82) is 0 Å². The summed E-state index contributed by atoms with van der Waals surface area (Å²) in [7, 11) is 0. The maximum absolute atomic E-state index is 11.8. The molecule has 0 saturated carbocycles. The fraction of sp³-hybridized carbons (Fsp3) is 0.286. The molecular formula is C14H14O4. The number of aliphatic carboxylic acids is 1. The van der Waals surface area contributed by atoms with Crippen LogP contribution in [0.25, 0.3) is 11.0 Å². The minimum atomic E-state index is -0.849. The van der Waals surface area contributed by atoms with Crippen molar-refractivity contribution in [3.05, 3.63) is 45.8 Å². The van der Waals surface area contributed by atoms with E-state index in [1.807, 2.05) is 25.1 Å². The molecule has 0 aliphatic carbocycles. The molecule has 0 spiro atoms. The summed E-state index contributed by atoms with van der Waals surface area (Å²) in [6.45, 7) is 1.87. The molecule has 1 aromatic heterocycles. The maximum Gasteiger partial charge on any atom is 0.339 e. The second kappa shape index (κ2) is 5.04. The molecule has 2 aromatic rings. The van der Waals surface area contributed by atoms with Gasteiger partial charge in [-0.3, -0.25) is 4.79 Å². The topological polar surface area (TPSA) is 67.5 Å². The second-order valence-electron chi connectivity index (χ2n) is 4.24. The van der Waals surface area contributed by atoms with Gasteiger partial charge in [0.2, 0.25) is 0 Å². The maximum atomic E-state index is 11.8. The van der Waals surface area contributed by atoms with Crippen LogP contribution in [0.3, 0.4) is 0 Å². The Morgan fingerprint density at radius 2 is 2.06 bits per heavy atom. The largest absolute Gasteiger partial charge is 0.481 e. The van der Waals surface area contributed by atoms with Gasteiger partial charge in [0, 0.05) is 17.4 Å². The number of hydrogen-bond acceptors (Lipinski definition) is 3. The van der Waals surface area contributed by atoms with E-state index in [9.17, 15) is 9.59 Å². The zero-order chi connectivity index (χ0) is 13.1. The van der Waals surface area contributed by atoms with Gasteiger partial charge in [0.1, 0.15) is 5.58 Å². The van der Waals surface area contributed by atoms with Crippen LogP contribution in [0.4, 0.5) is 0 Å². The number of carboxylic acids is 1. The van der Waals surface area contributed by atoms with Gasteiger partial charge < -0.3 is 9.52 Å². The van der Waals surface area contributed by atoms with Crippen LogP contribution in [0.5, 0.6) is 0 Å². The van der Waals surface area contributed by atoms with Crippen molar-refractivity contribution in [2.24, 2.45) is 0 Å². The van der Waals surface area contributed by atoms with E-state index in [-0.39, 0.29) is 12.0 Å². The van der Waals surface area contributed by atoms with Crippen LogP contribution in [0.15, 0.2) is 33.5 Å². The van der Waals surface area contributed by atoms with Crippen LogP contribution < -0.4 is 5.63 Å². The molecule has 4 heteroatoms. The molecule has 18 heavy (non-hydrogen) atoms. The lowest BCUT2D eigenvalue weighted by Gasteiger charge is -2.06. The van der Waals surface area contributed by atoms with Gasteiger partial charge in [-0.2, -0.15) is 0 Å². The first-order valence-electron chi connectivity index (χ1n) is 5.82. The van der Waals surface area contributed by atoms with E-state index in [1.165, 1.54) is 0 Å². The highest BCUT2D eigenvalue weighted by molar-refractivity contribution is 5.80. The molecule has 94 valence electrons. The number of rotatable bonds is 4. The third-order valence-corrected chi connectivity index (χ3v) is 3.01. The van der Waals surface area contributed by atoms with E-state index < -0.39 is 5.97 Å². The lowest BCUT2D eigenvalue weighted by Crippen LogP contribution is -2.11.